The van der Waals surface area contributed by atoms with E-state index < -0.39 is 0 Å². The molecule has 1 heteroatoms. The van der Waals surface area contributed by atoms with Crippen molar-refractivity contribution in [3.63, 3.8) is 0 Å². The molecule has 2 aliphatic rings. The van der Waals surface area contributed by atoms with E-state index in [1.807, 2.05) is 0 Å². The molecule has 0 radical (unpaired) electrons. The molecule has 1 N–H and O–H groups in total. The Labute approximate surface area is 97.2 Å². The lowest BCUT2D eigenvalue weighted by Crippen LogP contribution is -2.09. The van der Waals surface area contributed by atoms with Gasteiger partial charge in [-0.15, -0.1) is 0 Å². The molecule has 0 bridgehead atoms. The van der Waals surface area contributed by atoms with Crippen molar-refractivity contribution in [2.75, 3.05) is 0 Å². The second-order valence-electron chi connectivity index (χ2n) is 3.81. The van der Waals surface area contributed by atoms with Crippen LogP contribution in [0, 0.1) is 0 Å². The first-order valence-electron chi connectivity index (χ1n) is 5.77. The molecule has 0 aromatic heterocycles. The van der Waals surface area contributed by atoms with Gasteiger partial charge in [0.15, 0.2) is 0 Å². The Morgan fingerprint density at radius 1 is 0.688 bits per heavy atom. The van der Waals surface area contributed by atoms with Gasteiger partial charge in [-0.25, -0.2) is 0 Å². The molecule has 0 saturated carbocycles. The molecule has 0 spiro atoms. The molecule has 0 aromatic carbocycles. The molecule has 1 nitrogen and oxygen atoms in total. The molecule has 2 aliphatic carbocycles. The molecule has 0 saturated heterocycles. The molecule has 16 heavy (non-hydrogen) atoms. The van der Waals surface area contributed by atoms with Crippen molar-refractivity contribution in [1.29, 1.82) is 0 Å². The van der Waals surface area contributed by atoms with E-state index in [-0.39, 0.29) is 0 Å². The average molecular weight is 211 g/mol. The number of nitrogens with one attached hydrogen (secondary N) is 1. The average Bonchev–Trinajstić information content (AvgIpc) is 2.50. The van der Waals surface area contributed by atoms with Gasteiger partial charge in [-0.2, -0.15) is 0 Å². The van der Waals surface area contributed by atoms with Gasteiger partial charge in [0.1, 0.15) is 0 Å². The van der Waals surface area contributed by atoms with E-state index in [1.165, 1.54) is 11.4 Å². The molecular formula is C15H17N. The highest BCUT2D eigenvalue weighted by Gasteiger charge is 1.96. The van der Waals surface area contributed by atoms with Crippen molar-refractivity contribution in [3.8, 4) is 0 Å². The van der Waals surface area contributed by atoms with Crippen molar-refractivity contribution in [3.05, 3.63) is 72.2 Å². The number of hydrogen-bond donors (Lipinski definition) is 1. The highest BCUT2D eigenvalue weighted by Crippen LogP contribution is 2.08. The van der Waals surface area contributed by atoms with Crippen molar-refractivity contribution >= 4 is 0 Å². The maximum atomic E-state index is 3.44. The summed E-state index contributed by atoms with van der Waals surface area (Å²) in [5.41, 5.74) is 2.35. The summed E-state index contributed by atoms with van der Waals surface area (Å²) in [5.74, 6) is 0. The number of allylic oxidation sites excluding steroid dienone is 10. The Hall–Kier alpha value is -1.76. The predicted molar refractivity (Wildman–Crippen MR) is 69.7 cm³/mol. The van der Waals surface area contributed by atoms with Crippen molar-refractivity contribution in [2.45, 2.75) is 19.3 Å². The third-order valence-electron chi connectivity index (χ3n) is 2.50. The largest absolute Gasteiger partial charge is 0.356 e. The molecular weight excluding hydrogens is 194 g/mol. The summed E-state index contributed by atoms with van der Waals surface area (Å²) in [4.78, 5) is 0. The molecule has 0 unspecified atom stereocenters. The summed E-state index contributed by atoms with van der Waals surface area (Å²) >= 11 is 0. The van der Waals surface area contributed by atoms with Gasteiger partial charge in [-0.1, -0.05) is 48.6 Å². The van der Waals surface area contributed by atoms with Crippen LogP contribution in [-0.4, -0.2) is 0 Å². The molecule has 0 fully saturated rings. The summed E-state index contributed by atoms with van der Waals surface area (Å²) in [6.07, 6.45) is 24.5. The fraction of sp³-hybridized carbons (Fsp3) is 0.200. The van der Waals surface area contributed by atoms with E-state index in [4.69, 9.17) is 0 Å². The molecule has 0 atom stereocenters. The maximum absolute atomic E-state index is 3.44. The lowest BCUT2D eigenvalue weighted by atomic mass is 10.2. The Kier molecular flexibility index (Phi) is 4.00. The first-order valence-corrected chi connectivity index (χ1v) is 5.77. The summed E-state index contributed by atoms with van der Waals surface area (Å²) in [6.45, 7) is 0. The van der Waals surface area contributed by atoms with Crippen LogP contribution < -0.4 is 5.32 Å². The summed E-state index contributed by atoms with van der Waals surface area (Å²) in [7, 11) is 0. The standard InChI is InChI=1S/C15H17N/c1-2-6-10-14(11-7-3-1)16-15-12-8-4-5-9-13-15/h1-2,4-5,7-8,10-13,16H,3,6,9H2/b2-1-,11-7?,14-10?. The molecule has 0 aromatic rings. The van der Waals surface area contributed by atoms with Gasteiger partial charge in [-0.05, 0) is 31.4 Å². The smallest absolute Gasteiger partial charge is 0.0346 e. The van der Waals surface area contributed by atoms with Crippen LogP contribution in [0.4, 0.5) is 0 Å². The molecule has 0 heterocycles. The van der Waals surface area contributed by atoms with Gasteiger partial charge in [0.2, 0.25) is 0 Å². The van der Waals surface area contributed by atoms with Crippen molar-refractivity contribution < 1.29 is 0 Å². The third-order valence-corrected chi connectivity index (χ3v) is 2.50. The van der Waals surface area contributed by atoms with Gasteiger partial charge >= 0.3 is 0 Å². The van der Waals surface area contributed by atoms with Gasteiger partial charge in [0.05, 0.1) is 0 Å². The van der Waals surface area contributed by atoms with Crippen LogP contribution in [0.15, 0.2) is 72.2 Å². The quantitative estimate of drug-likeness (QED) is 0.686. The highest BCUT2D eigenvalue weighted by atomic mass is 14.9. The zero-order valence-electron chi connectivity index (χ0n) is 9.39. The summed E-state index contributed by atoms with van der Waals surface area (Å²) in [6, 6.07) is 0. The van der Waals surface area contributed by atoms with Crippen LogP contribution in [0.3, 0.4) is 0 Å². The number of rotatable bonds is 2. The third kappa shape index (κ3) is 3.43. The fourth-order valence-electron chi connectivity index (χ4n) is 1.66. The van der Waals surface area contributed by atoms with Crippen LogP contribution in [-0.2, 0) is 0 Å². The second kappa shape index (κ2) is 5.96. The zero-order valence-corrected chi connectivity index (χ0v) is 9.39. The summed E-state index contributed by atoms with van der Waals surface area (Å²) < 4.78 is 0. The van der Waals surface area contributed by atoms with E-state index in [0.29, 0.717) is 0 Å². The number of hydrogen-bond acceptors (Lipinski definition) is 1. The van der Waals surface area contributed by atoms with Crippen molar-refractivity contribution in [2.24, 2.45) is 0 Å². The maximum Gasteiger partial charge on any atom is 0.0346 e. The van der Waals surface area contributed by atoms with Gasteiger partial charge in [0.25, 0.3) is 0 Å². The highest BCUT2D eigenvalue weighted by molar-refractivity contribution is 5.32. The SMILES string of the molecule is C1=CCC=C(NC2=CC/C=C\CC=C2)C=C1. The predicted octanol–water partition coefficient (Wildman–Crippen LogP) is 3.77. The van der Waals surface area contributed by atoms with E-state index in [2.05, 4.69) is 66.1 Å². The first-order chi connectivity index (χ1) is 7.95. The fourth-order valence-corrected chi connectivity index (χ4v) is 1.66. The lowest BCUT2D eigenvalue weighted by molar-refractivity contribution is 1.01. The minimum absolute atomic E-state index is 0.992. The van der Waals surface area contributed by atoms with Crippen LogP contribution >= 0.6 is 0 Å². The zero-order chi connectivity index (χ0) is 11.1. The van der Waals surface area contributed by atoms with Crippen LogP contribution in [0.5, 0.6) is 0 Å². The molecule has 2 rings (SSSR count). The van der Waals surface area contributed by atoms with Crippen LogP contribution in [0.25, 0.3) is 0 Å². The second-order valence-corrected chi connectivity index (χ2v) is 3.81. The summed E-state index contributed by atoms with van der Waals surface area (Å²) in [5, 5.41) is 3.44. The minimum Gasteiger partial charge on any atom is -0.356 e. The van der Waals surface area contributed by atoms with Crippen molar-refractivity contribution in [1.82, 2.24) is 5.32 Å². The minimum atomic E-state index is 0.992. The van der Waals surface area contributed by atoms with E-state index in [0.717, 1.165) is 19.3 Å². The van der Waals surface area contributed by atoms with E-state index in [1.54, 1.807) is 0 Å². The lowest BCUT2D eigenvalue weighted by Gasteiger charge is -2.08. The van der Waals surface area contributed by atoms with Gasteiger partial charge in [-0.3, -0.25) is 0 Å². The van der Waals surface area contributed by atoms with E-state index in [9.17, 15) is 0 Å². The van der Waals surface area contributed by atoms with Crippen LogP contribution in [0.1, 0.15) is 19.3 Å². The normalized spacial score (nSPS) is 21.5. The molecule has 82 valence electrons. The van der Waals surface area contributed by atoms with Gasteiger partial charge in [0, 0.05) is 11.4 Å². The Bertz CT molecular complexity index is 403. The Balaban J connectivity index is 2.03. The van der Waals surface area contributed by atoms with Gasteiger partial charge < -0.3 is 5.32 Å². The Morgan fingerprint density at radius 2 is 1.44 bits per heavy atom. The molecule has 0 amide bonds. The molecule has 0 aliphatic heterocycles. The monoisotopic (exact) mass is 211 g/mol. The van der Waals surface area contributed by atoms with E-state index >= 15 is 0 Å². The topological polar surface area (TPSA) is 12.0 Å². The van der Waals surface area contributed by atoms with Crippen LogP contribution in [0.2, 0.25) is 0 Å². The first kappa shape index (κ1) is 10.7. The Morgan fingerprint density at radius 3 is 2.38 bits per heavy atom.